The Morgan fingerprint density at radius 3 is 2.39 bits per heavy atom. The molecule has 1 aromatic rings. The number of ketones is 1. The van der Waals surface area contributed by atoms with Crippen LogP contribution in [0.15, 0.2) is 30.3 Å². The average molecular weight is 245 g/mol. The Morgan fingerprint density at radius 2 is 1.78 bits per heavy atom. The van der Waals surface area contributed by atoms with E-state index in [1.54, 1.807) is 0 Å². The van der Waals surface area contributed by atoms with Crippen LogP contribution in [0.4, 0.5) is 0 Å². The maximum absolute atomic E-state index is 12.0. The molecule has 2 nitrogen and oxygen atoms in total. The number of hydrogen-bond donors (Lipinski definition) is 0. The van der Waals surface area contributed by atoms with Gasteiger partial charge in [0.05, 0.1) is 0 Å². The van der Waals surface area contributed by atoms with Gasteiger partial charge in [0.15, 0.2) is 5.78 Å². The van der Waals surface area contributed by atoms with Crippen LogP contribution in [-0.2, 0) is 0 Å². The lowest BCUT2D eigenvalue weighted by atomic mass is 9.91. The van der Waals surface area contributed by atoms with E-state index in [2.05, 4.69) is 18.7 Å². The Morgan fingerprint density at radius 1 is 1.17 bits per heavy atom. The van der Waals surface area contributed by atoms with Crippen molar-refractivity contribution in [1.29, 1.82) is 0 Å². The summed E-state index contributed by atoms with van der Waals surface area (Å²) in [6.07, 6.45) is 1.96. The fourth-order valence-electron chi connectivity index (χ4n) is 3.00. The fraction of sp³-hybridized carbons (Fsp3) is 0.562. The lowest BCUT2D eigenvalue weighted by Crippen LogP contribution is -2.39. The van der Waals surface area contributed by atoms with E-state index in [9.17, 15) is 4.79 Å². The number of Topliss-reactive ketones (excluding diaryl/α,β-unsaturated/α-hetero) is 1. The summed E-state index contributed by atoms with van der Waals surface area (Å²) in [6.45, 7) is 7.81. The molecule has 0 bridgehead atoms. The summed E-state index contributed by atoms with van der Waals surface area (Å²) in [5, 5.41) is 0. The van der Waals surface area contributed by atoms with Gasteiger partial charge >= 0.3 is 0 Å². The summed E-state index contributed by atoms with van der Waals surface area (Å²) in [5.74, 6) is 1.79. The van der Waals surface area contributed by atoms with Gasteiger partial charge in [-0.15, -0.1) is 0 Å². The smallest absolute Gasteiger partial charge is 0.164 e. The molecule has 2 atom stereocenters. The van der Waals surface area contributed by atoms with E-state index in [4.69, 9.17) is 0 Å². The Bertz CT molecular complexity index is 377. The van der Waals surface area contributed by atoms with Crippen molar-refractivity contribution in [2.24, 2.45) is 11.8 Å². The molecule has 1 fully saturated rings. The van der Waals surface area contributed by atoms with Crippen LogP contribution in [0.25, 0.3) is 0 Å². The zero-order valence-corrected chi connectivity index (χ0v) is 11.4. The quantitative estimate of drug-likeness (QED) is 0.759. The molecule has 0 radical (unpaired) electrons. The van der Waals surface area contributed by atoms with Gasteiger partial charge in [0, 0.05) is 31.6 Å². The van der Waals surface area contributed by atoms with Crippen LogP contribution in [0.5, 0.6) is 0 Å². The van der Waals surface area contributed by atoms with Gasteiger partial charge < -0.3 is 4.90 Å². The fourth-order valence-corrected chi connectivity index (χ4v) is 3.00. The number of rotatable bonds is 4. The summed E-state index contributed by atoms with van der Waals surface area (Å²) in [6, 6.07) is 9.62. The SMILES string of the molecule is CC1CC(C)CN(CCC(=O)c2ccccc2)C1. The Hall–Kier alpha value is -1.15. The molecule has 1 aromatic carbocycles. The Balaban J connectivity index is 1.83. The Kier molecular flexibility index (Phi) is 4.54. The number of piperidine rings is 1. The number of likely N-dealkylation sites (tertiary alicyclic amines) is 1. The minimum absolute atomic E-state index is 0.265. The Labute approximate surface area is 110 Å². The summed E-state index contributed by atoms with van der Waals surface area (Å²) >= 11 is 0. The third kappa shape index (κ3) is 3.67. The van der Waals surface area contributed by atoms with Crippen LogP contribution in [0.3, 0.4) is 0 Å². The monoisotopic (exact) mass is 245 g/mol. The van der Waals surface area contributed by atoms with Crippen LogP contribution in [0.2, 0.25) is 0 Å². The lowest BCUT2D eigenvalue weighted by molar-refractivity contribution is 0.0926. The molecule has 2 rings (SSSR count). The first-order chi connectivity index (χ1) is 8.65. The predicted octanol–water partition coefficient (Wildman–Crippen LogP) is 3.24. The molecule has 98 valence electrons. The third-order valence-electron chi connectivity index (χ3n) is 3.70. The van der Waals surface area contributed by atoms with E-state index in [1.807, 2.05) is 30.3 Å². The maximum Gasteiger partial charge on any atom is 0.164 e. The highest BCUT2D eigenvalue weighted by atomic mass is 16.1. The second kappa shape index (κ2) is 6.14. The first-order valence-corrected chi connectivity index (χ1v) is 6.95. The largest absolute Gasteiger partial charge is 0.302 e. The number of benzene rings is 1. The predicted molar refractivity (Wildman–Crippen MR) is 74.8 cm³/mol. The lowest BCUT2D eigenvalue weighted by Gasteiger charge is -2.34. The summed E-state index contributed by atoms with van der Waals surface area (Å²) < 4.78 is 0. The van der Waals surface area contributed by atoms with Gasteiger partial charge in [0.2, 0.25) is 0 Å². The molecule has 0 N–H and O–H groups in total. The molecule has 2 heteroatoms. The number of carbonyl (C=O) groups is 1. The minimum atomic E-state index is 0.265. The van der Waals surface area contributed by atoms with Crippen molar-refractivity contribution < 1.29 is 4.79 Å². The first kappa shape index (κ1) is 13.3. The van der Waals surface area contributed by atoms with Crippen molar-refractivity contribution in [2.75, 3.05) is 19.6 Å². The third-order valence-corrected chi connectivity index (χ3v) is 3.70. The van der Waals surface area contributed by atoms with Gasteiger partial charge in [-0.3, -0.25) is 4.79 Å². The highest BCUT2D eigenvalue weighted by Crippen LogP contribution is 2.21. The van der Waals surface area contributed by atoms with E-state index < -0.39 is 0 Å². The topological polar surface area (TPSA) is 20.3 Å². The molecule has 1 saturated heterocycles. The number of nitrogens with zero attached hydrogens (tertiary/aromatic N) is 1. The van der Waals surface area contributed by atoms with E-state index in [-0.39, 0.29) is 5.78 Å². The maximum atomic E-state index is 12.0. The molecule has 0 aliphatic carbocycles. The standard InChI is InChI=1S/C16H23NO/c1-13-10-14(2)12-17(11-13)9-8-16(18)15-6-4-3-5-7-15/h3-7,13-14H,8-12H2,1-2H3. The van der Waals surface area contributed by atoms with E-state index in [0.717, 1.165) is 37.0 Å². The zero-order valence-electron chi connectivity index (χ0n) is 11.4. The van der Waals surface area contributed by atoms with E-state index in [1.165, 1.54) is 6.42 Å². The van der Waals surface area contributed by atoms with Crippen LogP contribution in [-0.4, -0.2) is 30.3 Å². The van der Waals surface area contributed by atoms with Crippen molar-refractivity contribution in [3.05, 3.63) is 35.9 Å². The minimum Gasteiger partial charge on any atom is -0.302 e. The molecule has 0 saturated carbocycles. The highest BCUT2D eigenvalue weighted by Gasteiger charge is 2.21. The second-order valence-electron chi connectivity index (χ2n) is 5.74. The highest BCUT2D eigenvalue weighted by molar-refractivity contribution is 5.96. The normalized spacial score (nSPS) is 25.0. The van der Waals surface area contributed by atoms with Gasteiger partial charge in [-0.2, -0.15) is 0 Å². The van der Waals surface area contributed by atoms with Crippen molar-refractivity contribution in [2.45, 2.75) is 26.7 Å². The molecule has 1 aliphatic rings. The first-order valence-electron chi connectivity index (χ1n) is 6.95. The van der Waals surface area contributed by atoms with Crippen molar-refractivity contribution in [3.8, 4) is 0 Å². The van der Waals surface area contributed by atoms with Crippen molar-refractivity contribution in [3.63, 3.8) is 0 Å². The summed E-state index contributed by atoms with van der Waals surface area (Å²) in [7, 11) is 0. The van der Waals surface area contributed by atoms with Crippen LogP contribution in [0, 0.1) is 11.8 Å². The van der Waals surface area contributed by atoms with Gasteiger partial charge in [-0.1, -0.05) is 44.2 Å². The van der Waals surface area contributed by atoms with Gasteiger partial charge in [-0.05, 0) is 18.3 Å². The van der Waals surface area contributed by atoms with E-state index >= 15 is 0 Å². The van der Waals surface area contributed by atoms with Gasteiger partial charge in [0.1, 0.15) is 0 Å². The average Bonchev–Trinajstić information content (AvgIpc) is 2.36. The molecular formula is C16H23NO. The van der Waals surface area contributed by atoms with Gasteiger partial charge in [0.25, 0.3) is 0 Å². The molecule has 18 heavy (non-hydrogen) atoms. The van der Waals surface area contributed by atoms with Crippen molar-refractivity contribution >= 4 is 5.78 Å². The second-order valence-corrected chi connectivity index (χ2v) is 5.74. The van der Waals surface area contributed by atoms with Crippen LogP contribution >= 0.6 is 0 Å². The van der Waals surface area contributed by atoms with Crippen LogP contribution < -0.4 is 0 Å². The van der Waals surface area contributed by atoms with E-state index in [0.29, 0.717) is 6.42 Å². The molecule has 0 amide bonds. The van der Waals surface area contributed by atoms with Crippen LogP contribution in [0.1, 0.15) is 37.0 Å². The molecule has 2 unspecified atom stereocenters. The molecule has 1 heterocycles. The molecular weight excluding hydrogens is 222 g/mol. The zero-order chi connectivity index (χ0) is 13.0. The van der Waals surface area contributed by atoms with Gasteiger partial charge in [-0.25, -0.2) is 0 Å². The number of hydrogen-bond acceptors (Lipinski definition) is 2. The number of carbonyl (C=O) groups excluding carboxylic acids is 1. The molecule has 0 spiro atoms. The molecule has 0 aromatic heterocycles. The molecule has 1 aliphatic heterocycles. The summed E-state index contributed by atoms with van der Waals surface area (Å²) in [5.41, 5.74) is 0.843. The summed E-state index contributed by atoms with van der Waals surface area (Å²) in [4.78, 5) is 14.5. The van der Waals surface area contributed by atoms with Crippen molar-refractivity contribution in [1.82, 2.24) is 4.90 Å².